The molecule has 1 heterocycles. The van der Waals surface area contributed by atoms with Crippen LogP contribution in [0.15, 0.2) is 42.5 Å². The number of benzene rings is 2. The van der Waals surface area contributed by atoms with E-state index in [1.54, 1.807) is 12.1 Å². The average Bonchev–Trinajstić information content (AvgIpc) is 2.81. The number of amides is 3. The molecule has 1 aliphatic heterocycles. The van der Waals surface area contributed by atoms with Crippen molar-refractivity contribution in [3.05, 3.63) is 53.6 Å². The van der Waals surface area contributed by atoms with E-state index in [1.165, 1.54) is 32.0 Å². The molecule has 0 saturated carbocycles. The van der Waals surface area contributed by atoms with E-state index in [0.717, 1.165) is 11.3 Å². The van der Waals surface area contributed by atoms with Gasteiger partial charge < -0.3 is 31.2 Å². The van der Waals surface area contributed by atoms with Crippen LogP contribution in [0.1, 0.15) is 15.9 Å². The predicted octanol–water partition coefficient (Wildman–Crippen LogP) is 0.770. The minimum absolute atomic E-state index is 0.0989. The highest BCUT2D eigenvalue weighted by Gasteiger charge is 2.35. The molecule has 6 N–H and O–H groups in total. The maximum absolute atomic E-state index is 12.6. The van der Waals surface area contributed by atoms with Crippen molar-refractivity contribution in [3.8, 4) is 11.5 Å². The van der Waals surface area contributed by atoms with E-state index in [1.807, 2.05) is 31.2 Å². The molecule has 2 aromatic carbocycles. The number of hydrogen-bond acceptors (Lipinski definition) is 8. The molecular weight excluding hydrogens is 446 g/mol. The van der Waals surface area contributed by atoms with Gasteiger partial charge in [-0.15, -0.1) is 11.8 Å². The number of nitrogens with one attached hydrogen (secondary N) is 4. The van der Waals surface area contributed by atoms with Gasteiger partial charge in [0.05, 0.1) is 26.1 Å². The zero-order valence-corrected chi connectivity index (χ0v) is 19.3. The summed E-state index contributed by atoms with van der Waals surface area (Å²) in [6.07, 6.45) is -0.847. The number of carbonyl (C=O) groups is 3. The Morgan fingerprint density at radius 1 is 1.12 bits per heavy atom. The van der Waals surface area contributed by atoms with Crippen molar-refractivity contribution < 1.29 is 23.9 Å². The summed E-state index contributed by atoms with van der Waals surface area (Å²) in [5, 5.41) is 11.2. The number of hydrogen-bond donors (Lipinski definition) is 5. The number of ether oxygens (including phenoxy) is 2. The molecule has 0 radical (unpaired) electrons. The molecule has 0 bridgehead atoms. The largest absolute Gasteiger partial charge is 0.493 e. The number of aryl methyl sites for hydroxylation is 1. The Balaban J connectivity index is 1.53. The van der Waals surface area contributed by atoms with Gasteiger partial charge in [-0.05, 0) is 36.8 Å². The van der Waals surface area contributed by atoms with Crippen molar-refractivity contribution in [2.75, 3.05) is 25.3 Å². The lowest BCUT2D eigenvalue weighted by Gasteiger charge is -2.35. The van der Waals surface area contributed by atoms with Gasteiger partial charge in [0, 0.05) is 11.3 Å². The first-order valence-corrected chi connectivity index (χ1v) is 11.2. The van der Waals surface area contributed by atoms with Crippen LogP contribution in [0.3, 0.4) is 0 Å². The predicted molar refractivity (Wildman–Crippen MR) is 126 cm³/mol. The molecule has 33 heavy (non-hydrogen) atoms. The lowest BCUT2D eigenvalue weighted by Crippen LogP contribution is -2.70. The number of rotatable bonds is 8. The van der Waals surface area contributed by atoms with Gasteiger partial charge in [-0.2, -0.15) is 0 Å². The van der Waals surface area contributed by atoms with Gasteiger partial charge >= 0.3 is 0 Å². The van der Waals surface area contributed by atoms with Gasteiger partial charge in [-0.1, -0.05) is 18.2 Å². The topological polar surface area (TPSA) is 144 Å². The monoisotopic (exact) mass is 473 g/mol. The molecule has 2 aromatic rings. The molecule has 3 unspecified atom stereocenters. The Hall–Kier alpha value is -3.28. The molecule has 3 rings (SSSR count). The van der Waals surface area contributed by atoms with Gasteiger partial charge in [0.15, 0.2) is 11.5 Å². The van der Waals surface area contributed by atoms with Crippen LogP contribution in [0.4, 0.5) is 5.69 Å². The fourth-order valence-corrected chi connectivity index (χ4v) is 4.04. The van der Waals surface area contributed by atoms with Crippen molar-refractivity contribution in [2.24, 2.45) is 5.73 Å². The third-order valence-electron chi connectivity index (χ3n) is 4.99. The van der Waals surface area contributed by atoms with E-state index in [2.05, 4.69) is 21.3 Å². The Morgan fingerprint density at radius 2 is 1.85 bits per heavy atom. The highest BCUT2D eigenvalue weighted by molar-refractivity contribution is 8.00. The zero-order valence-electron chi connectivity index (χ0n) is 18.5. The summed E-state index contributed by atoms with van der Waals surface area (Å²) in [4.78, 5) is 37.5. The van der Waals surface area contributed by atoms with Gasteiger partial charge in [0.2, 0.25) is 11.8 Å². The molecule has 11 heteroatoms. The van der Waals surface area contributed by atoms with E-state index in [-0.39, 0.29) is 17.2 Å². The molecule has 10 nitrogen and oxygen atoms in total. The van der Waals surface area contributed by atoms with Gasteiger partial charge in [-0.3, -0.25) is 19.7 Å². The van der Waals surface area contributed by atoms with Crippen molar-refractivity contribution in [1.82, 2.24) is 16.0 Å². The molecule has 3 amide bonds. The maximum Gasteiger partial charge on any atom is 0.252 e. The summed E-state index contributed by atoms with van der Waals surface area (Å²) in [6.45, 7) is 1.90. The second-order valence-electron chi connectivity index (χ2n) is 7.28. The molecular formula is C22H27N5O5S. The molecule has 3 atom stereocenters. The van der Waals surface area contributed by atoms with Crippen LogP contribution in [-0.2, 0) is 9.59 Å². The van der Waals surface area contributed by atoms with Gasteiger partial charge in [-0.25, -0.2) is 0 Å². The molecule has 1 saturated heterocycles. The zero-order chi connectivity index (χ0) is 24.0. The van der Waals surface area contributed by atoms with Crippen molar-refractivity contribution in [1.29, 1.82) is 0 Å². The van der Waals surface area contributed by atoms with Crippen LogP contribution in [0.2, 0.25) is 0 Å². The first kappa shape index (κ1) is 24.4. The third kappa shape index (κ3) is 6.15. The summed E-state index contributed by atoms with van der Waals surface area (Å²) < 4.78 is 10.4. The van der Waals surface area contributed by atoms with Crippen molar-refractivity contribution in [3.63, 3.8) is 0 Å². The number of carbonyl (C=O) groups excluding carboxylic acids is 3. The summed E-state index contributed by atoms with van der Waals surface area (Å²) >= 11 is 1.19. The summed E-state index contributed by atoms with van der Waals surface area (Å²) in [6, 6.07) is 11.1. The Kier molecular flexibility index (Phi) is 8.15. The van der Waals surface area contributed by atoms with E-state index >= 15 is 0 Å². The van der Waals surface area contributed by atoms with Crippen molar-refractivity contribution in [2.45, 2.75) is 24.6 Å². The molecule has 1 fully saturated rings. The van der Waals surface area contributed by atoms with E-state index in [9.17, 15) is 14.4 Å². The van der Waals surface area contributed by atoms with E-state index in [0.29, 0.717) is 11.5 Å². The minimum atomic E-state index is -0.997. The number of nitrogens with two attached hydrogens (primary N) is 1. The average molecular weight is 474 g/mol. The minimum Gasteiger partial charge on any atom is -0.493 e. The van der Waals surface area contributed by atoms with Crippen LogP contribution < -0.4 is 36.5 Å². The van der Waals surface area contributed by atoms with Crippen LogP contribution in [0.25, 0.3) is 0 Å². The Morgan fingerprint density at radius 3 is 2.52 bits per heavy atom. The molecule has 0 spiro atoms. The maximum atomic E-state index is 12.6. The van der Waals surface area contributed by atoms with E-state index in [4.69, 9.17) is 15.2 Å². The molecule has 0 aliphatic carbocycles. The fraction of sp³-hybridized carbons (Fsp3) is 0.318. The number of thioether (sulfide) groups is 1. The lowest BCUT2D eigenvalue weighted by molar-refractivity contribution is -0.125. The number of anilines is 1. The smallest absolute Gasteiger partial charge is 0.252 e. The third-order valence-corrected chi connectivity index (χ3v) is 6.01. The lowest BCUT2D eigenvalue weighted by atomic mass is 10.1. The van der Waals surface area contributed by atoms with Gasteiger partial charge in [0.1, 0.15) is 11.5 Å². The Bertz CT molecular complexity index is 1030. The summed E-state index contributed by atoms with van der Waals surface area (Å²) in [5.74, 6) is -0.177. The molecule has 0 aromatic heterocycles. The second kappa shape index (κ2) is 11.0. The number of para-hydroxylation sites is 1. The first-order valence-electron chi connectivity index (χ1n) is 10.1. The second-order valence-corrected chi connectivity index (χ2v) is 8.37. The highest BCUT2D eigenvalue weighted by Crippen LogP contribution is 2.27. The van der Waals surface area contributed by atoms with Crippen LogP contribution in [-0.4, -0.2) is 55.4 Å². The van der Waals surface area contributed by atoms with Crippen LogP contribution in [0.5, 0.6) is 11.5 Å². The van der Waals surface area contributed by atoms with Crippen molar-refractivity contribution >= 4 is 35.2 Å². The summed E-state index contributed by atoms with van der Waals surface area (Å²) in [5.41, 5.74) is 7.49. The quantitative estimate of drug-likeness (QED) is 0.378. The normalized spacial score (nSPS) is 19.9. The molecule has 176 valence electrons. The van der Waals surface area contributed by atoms with E-state index < -0.39 is 29.5 Å². The first-order chi connectivity index (χ1) is 15.8. The van der Waals surface area contributed by atoms with Crippen LogP contribution in [0, 0.1) is 6.92 Å². The van der Waals surface area contributed by atoms with Crippen LogP contribution >= 0.6 is 11.8 Å². The standard InChI is InChI=1S/C22H27N5O5S/c1-12-6-4-5-7-14(12)24-17(28)11-33-22-26-19(23)18(21(30)27-22)25-20(29)13-8-9-15(31-2)16(10-13)32-3/h4-10,18-19,22,26H,11,23H2,1-3H3,(H,24,28)(H,25,29)(H,27,30). The van der Waals surface area contributed by atoms with Gasteiger partial charge in [0.25, 0.3) is 5.91 Å². The number of methoxy groups -OCH3 is 2. The molecule has 1 aliphatic rings. The SMILES string of the molecule is COc1ccc(C(=O)NC2C(=O)NC(SCC(=O)Nc3ccccc3C)NC2N)cc1OC. The highest BCUT2D eigenvalue weighted by atomic mass is 32.2. The Labute approximate surface area is 196 Å². The summed E-state index contributed by atoms with van der Waals surface area (Å²) in [7, 11) is 2.96. The fourth-order valence-electron chi connectivity index (χ4n) is 3.20.